The summed E-state index contributed by atoms with van der Waals surface area (Å²) in [7, 11) is 0. The minimum atomic E-state index is -0.442. The van der Waals surface area contributed by atoms with Crippen LogP contribution in [0.4, 0.5) is 5.69 Å². The Morgan fingerprint density at radius 3 is 2.68 bits per heavy atom. The summed E-state index contributed by atoms with van der Waals surface area (Å²) in [4.78, 5) is 11.9. The maximum absolute atomic E-state index is 11.9. The molecule has 1 unspecified atom stereocenters. The van der Waals surface area contributed by atoms with Crippen LogP contribution in [0.2, 0.25) is 5.02 Å². The van der Waals surface area contributed by atoms with E-state index in [4.69, 9.17) is 21.8 Å². The lowest BCUT2D eigenvalue weighted by Gasteiger charge is -2.30. The number of nitrogens with zero attached hydrogens (tertiary/aromatic N) is 2. The van der Waals surface area contributed by atoms with Crippen molar-refractivity contribution in [2.24, 2.45) is 0 Å². The number of aliphatic hydroxyl groups is 2. The summed E-state index contributed by atoms with van der Waals surface area (Å²) in [5.74, 6) is 0. The van der Waals surface area contributed by atoms with Gasteiger partial charge in [-0.3, -0.25) is 4.79 Å². The lowest BCUT2D eigenvalue weighted by atomic mass is 9.94. The van der Waals surface area contributed by atoms with Gasteiger partial charge in [0.15, 0.2) is 0 Å². The lowest BCUT2D eigenvalue weighted by molar-refractivity contribution is 0.251. The molecule has 0 aromatic carbocycles. The second-order valence-electron chi connectivity index (χ2n) is 4.64. The SMILES string of the molecule is CCC(C)(CCO)Nc1cnn(CCO)c(=O)c1Cl. The highest BCUT2D eigenvalue weighted by molar-refractivity contribution is 6.32. The molecule has 0 amide bonds. The molecule has 0 aliphatic carbocycles. The Morgan fingerprint density at radius 2 is 2.16 bits per heavy atom. The van der Waals surface area contributed by atoms with Gasteiger partial charge in [0, 0.05) is 12.1 Å². The third kappa shape index (κ3) is 3.92. The molecule has 1 atom stereocenters. The van der Waals surface area contributed by atoms with Crippen LogP contribution in [0.15, 0.2) is 11.0 Å². The first-order valence-corrected chi connectivity index (χ1v) is 6.60. The van der Waals surface area contributed by atoms with E-state index in [2.05, 4.69) is 10.4 Å². The zero-order valence-corrected chi connectivity index (χ0v) is 11.9. The van der Waals surface area contributed by atoms with Crippen LogP contribution in [-0.4, -0.2) is 38.7 Å². The van der Waals surface area contributed by atoms with Crippen molar-refractivity contribution in [3.8, 4) is 0 Å². The highest BCUT2D eigenvalue weighted by atomic mass is 35.5. The molecule has 3 N–H and O–H groups in total. The number of hydrogen-bond acceptors (Lipinski definition) is 5. The summed E-state index contributed by atoms with van der Waals surface area (Å²) >= 11 is 6.02. The van der Waals surface area contributed by atoms with E-state index < -0.39 is 5.56 Å². The Balaban J connectivity index is 3.03. The van der Waals surface area contributed by atoms with Gasteiger partial charge in [0.25, 0.3) is 5.56 Å². The Labute approximate surface area is 117 Å². The van der Waals surface area contributed by atoms with Crippen molar-refractivity contribution in [2.45, 2.75) is 38.8 Å². The molecule has 108 valence electrons. The molecule has 1 aromatic heterocycles. The molecule has 1 rings (SSSR count). The Morgan fingerprint density at radius 1 is 1.47 bits per heavy atom. The highest BCUT2D eigenvalue weighted by Gasteiger charge is 2.23. The van der Waals surface area contributed by atoms with Crippen molar-refractivity contribution in [1.29, 1.82) is 0 Å². The van der Waals surface area contributed by atoms with Gasteiger partial charge in [-0.2, -0.15) is 5.10 Å². The number of rotatable bonds is 7. The molecule has 6 nitrogen and oxygen atoms in total. The van der Waals surface area contributed by atoms with Crippen LogP contribution in [-0.2, 0) is 6.54 Å². The van der Waals surface area contributed by atoms with E-state index in [-0.39, 0.29) is 30.3 Å². The van der Waals surface area contributed by atoms with E-state index in [0.717, 1.165) is 11.1 Å². The quantitative estimate of drug-likeness (QED) is 0.693. The average Bonchev–Trinajstić information content (AvgIpc) is 2.39. The van der Waals surface area contributed by atoms with E-state index in [1.165, 1.54) is 6.20 Å². The summed E-state index contributed by atoms with van der Waals surface area (Å²) in [5, 5.41) is 25.0. The first-order chi connectivity index (χ1) is 8.97. The third-order valence-corrected chi connectivity index (χ3v) is 3.54. The topological polar surface area (TPSA) is 87.4 Å². The summed E-state index contributed by atoms with van der Waals surface area (Å²) in [5.41, 5.74) is -0.350. The zero-order chi connectivity index (χ0) is 14.5. The van der Waals surface area contributed by atoms with Crippen LogP contribution in [0.1, 0.15) is 26.7 Å². The summed E-state index contributed by atoms with van der Waals surface area (Å²) < 4.78 is 1.11. The Bertz CT molecular complexity index is 478. The van der Waals surface area contributed by atoms with E-state index in [1.54, 1.807) is 0 Å². The fourth-order valence-corrected chi connectivity index (χ4v) is 1.90. The maximum atomic E-state index is 11.9. The van der Waals surface area contributed by atoms with Gasteiger partial charge in [-0.25, -0.2) is 4.68 Å². The number of hydrogen-bond donors (Lipinski definition) is 3. The Hall–Kier alpha value is -1.11. The molecular weight excluding hydrogens is 270 g/mol. The summed E-state index contributed by atoms with van der Waals surface area (Å²) in [6, 6.07) is 0. The lowest BCUT2D eigenvalue weighted by Crippen LogP contribution is -2.36. The fraction of sp³-hybridized carbons (Fsp3) is 0.667. The molecule has 0 saturated heterocycles. The normalized spacial score (nSPS) is 14.2. The van der Waals surface area contributed by atoms with Crippen LogP contribution in [0.25, 0.3) is 0 Å². The minimum Gasteiger partial charge on any atom is -0.396 e. The number of aliphatic hydroxyl groups excluding tert-OH is 2. The first kappa shape index (κ1) is 15.9. The van der Waals surface area contributed by atoms with Crippen LogP contribution in [0.3, 0.4) is 0 Å². The molecule has 0 saturated carbocycles. The number of nitrogens with one attached hydrogen (secondary N) is 1. The number of anilines is 1. The number of aromatic nitrogens is 2. The van der Waals surface area contributed by atoms with Gasteiger partial charge in [0.05, 0.1) is 25.0 Å². The smallest absolute Gasteiger partial charge is 0.287 e. The van der Waals surface area contributed by atoms with Crippen molar-refractivity contribution >= 4 is 17.3 Å². The van der Waals surface area contributed by atoms with Crippen LogP contribution < -0.4 is 10.9 Å². The van der Waals surface area contributed by atoms with Crippen LogP contribution in [0, 0.1) is 0 Å². The second kappa shape index (κ2) is 6.88. The molecule has 0 radical (unpaired) electrons. The van der Waals surface area contributed by atoms with Crippen molar-refractivity contribution in [1.82, 2.24) is 9.78 Å². The van der Waals surface area contributed by atoms with E-state index in [1.807, 2.05) is 13.8 Å². The van der Waals surface area contributed by atoms with E-state index >= 15 is 0 Å². The first-order valence-electron chi connectivity index (χ1n) is 6.23. The van der Waals surface area contributed by atoms with E-state index in [0.29, 0.717) is 12.1 Å². The molecule has 0 aliphatic heterocycles. The maximum Gasteiger partial charge on any atom is 0.287 e. The van der Waals surface area contributed by atoms with Crippen molar-refractivity contribution in [2.75, 3.05) is 18.5 Å². The second-order valence-corrected chi connectivity index (χ2v) is 5.01. The van der Waals surface area contributed by atoms with Crippen LogP contribution in [0.5, 0.6) is 0 Å². The van der Waals surface area contributed by atoms with Gasteiger partial charge in [0.2, 0.25) is 0 Å². The fourth-order valence-electron chi connectivity index (χ4n) is 1.71. The average molecular weight is 290 g/mol. The van der Waals surface area contributed by atoms with Gasteiger partial charge >= 0.3 is 0 Å². The highest BCUT2D eigenvalue weighted by Crippen LogP contribution is 2.24. The van der Waals surface area contributed by atoms with Gasteiger partial charge in [-0.1, -0.05) is 18.5 Å². The van der Waals surface area contributed by atoms with E-state index in [9.17, 15) is 4.79 Å². The predicted molar refractivity (Wildman–Crippen MR) is 74.6 cm³/mol. The monoisotopic (exact) mass is 289 g/mol. The van der Waals surface area contributed by atoms with Gasteiger partial charge < -0.3 is 15.5 Å². The standard InChI is InChI=1S/C12H20ClN3O3/c1-3-12(2,4-6-17)15-9-8-14-16(5-7-18)11(19)10(9)13/h8,15,17-18H,3-7H2,1-2H3. The predicted octanol–water partition coefficient (Wildman–Crippen LogP) is 0.852. The molecule has 0 fully saturated rings. The number of halogens is 1. The molecule has 1 heterocycles. The van der Waals surface area contributed by atoms with Gasteiger partial charge in [-0.15, -0.1) is 0 Å². The summed E-state index contributed by atoms with van der Waals surface area (Å²) in [6.07, 6.45) is 2.77. The largest absolute Gasteiger partial charge is 0.396 e. The van der Waals surface area contributed by atoms with Crippen molar-refractivity contribution in [3.63, 3.8) is 0 Å². The van der Waals surface area contributed by atoms with Crippen molar-refractivity contribution in [3.05, 3.63) is 21.6 Å². The molecule has 1 aromatic rings. The molecule has 0 bridgehead atoms. The minimum absolute atomic E-state index is 0.0427. The molecule has 19 heavy (non-hydrogen) atoms. The third-order valence-electron chi connectivity index (χ3n) is 3.18. The van der Waals surface area contributed by atoms with Gasteiger partial charge in [-0.05, 0) is 19.8 Å². The summed E-state index contributed by atoms with van der Waals surface area (Å²) in [6.45, 7) is 3.91. The zero-order valence-electron chi connectivity index (χ0n) is 11.2. The van der Waals surface area contributed by atoms with Crippen molar-refractivity contribution < 1.29 is 10.2 Å². The molecule has 0 aliphatic rings. The molecule has 7 heteroatoms. The molecular formula is C12H20ClN3O3. The van der Waals surface area contributed by atoms with Crippen LogP contribution >= 0.6 is 11.6 Å². The Kier molecular flexibility index (Phi) is 5.78. The van der Waals surface area contributed by atoms with Gasteiger partial charge in [0.1, 0.15) is 5.02 Å². The molecule has 0 spiro atoms.